The molecular weight excluding hydrogens is 469 g/mol. The minimum Gasteiger partial charge on any atom is -0.357 e. The Morgan fingerprint density at radius 2 is 2.00 bits per heavy atom. The molecule has 0 atom stereocenters. The number of hydrogen-bond donors (Lipinski definition) is 2. The number of thiazole rings is 1. The van der Waals surface area contributed by atoms with E-state index in [1.54, 1.807) is 11.3 Å². The molecule has 0 aliphatic rings. The van der Waals surface area contributed by atoms with Gasteiger partial charge in [-0.2, -0.15) is 0 Å². The molecule has 1 aromatic carbocycles. The van der Waals surface area contributed by atoms with Gasteiger partial charge >= 0.3 is 0 Å². The summed E-state index contributed by atoms with van der Waals surface area (Å²) in [6.07, 6.45) is 3.21. The Labute approximate surface area is 182 Å². The Bertz CT molecular complexity index is 884. The molecule has 7 heteroatoms. The number of nitrogens with zero attached hydrogens (tertiary/aromatic N) is 3. The van der Waals surface area contributed by atoms with Crippen molar-refractivity contribution < 1.29 is 0 Å². The standard InChI is InChI=1S/C20H27N5S.HI/c1-4-21-20(23-14-19-15(2)24-16(3)26-19)22-11-7-12-25-13-10-17-8-5-6-9-18(17)25;/h5-6,8-10,13H,4,7,11-12,14H2,1-3H3,(H2,21,22,23);1H. The second-order valence-electron chi connectivity index (χ2n) is 6.28. The highest BCUT2D eigenvalue weighted by molar-refractivity contribution is 14.0. The van der Waals surface area contributed by atoms with Crippen LogP contribution in [0.5, 0.6) is 0 Å². The number of benzene rings is 1. The highest BCUT2D eigenvalue weighted by Gasteiger charge is 2.05. The smallest absolute Gasteiger partial charge is 0.191 e. The lowest BCUT2D eigenvalue weighted by Crippen LogP contribution is -2.38. The van der Waals surface area contributed by atoms with Crippen LogP contribution in [-0.2, 0) is 13.1 Å². The van der Waals surface area contributed by atoms with Gasteiger partial charge in [0.25, 0.3) is 0 Å². The number of guanidine groups is 1. The van der Waals surface area contributed by atoms with E-state index in [0.717, 1.165) is 42.7 Å². The lowest BCUT2D eigenvalue weighted by molar-refractivity contribution is 0.641. The first-order valence-corrected chi connectivity index (χ1v) is 9.98. The van der Waals surface area contributed by atoms with Crippen LogP contribution in [0.2, 0.25) is 0 Å². The van der Waals surface area contributed by atoms with Crippen LogP contribution in [-0.4, -0.2) is 28.6 Å². The van der Waals surface area contributed by atoms with Crippen molar-refractivity contribution in [2.75, 3.05) is 13.1 Å². The number of aryl methyl sites for hydroxylation is 3. The molecule has 0 amide bonds. The quantitative estimate of drug-likeness (QED) is 0.219. The fourth-order valence-electron chi connectivity index (χ4n) is 3.00. The molecule has 0 fully saturated rings. The second kappa shape index (κ2) is 10.7. The van der Waals surface area contributed by atoms with E-state index in [4.69, 9.17) is 4.99 Å². The minimum absolute atomic E-state index is 0. The van der Waals surface area contributed by atoms with Crippen molar-refractivity contribution in [3.05, 3.63) is 52.1 Å². The molecule has 27 heavy (non-hydrogen) atoms. The summed E-state index contributed by atoms with van der Waals surface area (Å²) in [5.41, 5.74) is 2.38. The van der Waals surface area contributed by atoms with E-state index >= 15 is 0 Å². The van der Waals surface area contributed by atoms with Crippen molar-refractivity contribution in [2.45, 2.75) is 40.3 Å². The number of aliphatic imine (C=N–C) groups is 1. The Morgan fingerprint density at radius 1 is 1.19 bits per heavy atom. The minimum atomic E-state index is 0. The fourth-order valence-corrected chi connectivity index (χ4v) is 3.87. The molecule has 2 N–H and O–H groups in total. The average Bonchev–Trinajstić information content (AvgIpc) is 3.19. The lowest BCUT2D eigenvalue weighted by Gasteiger charge is -2.12. The molecule has 0 unspecified atom stereocenters. The Kier molecular flexibility index (Phi) is 8.56. The van der Waals surface area contributed by atoms with Gasteiger partial charge in [-0.25, -0.2) is 9.98 Å². The predicted octanol–water partition coefficient (Wildman–Crippen LogP) is 4.48. The summed E-state index contributed by atoms with van der Waals surface area (Å²) < 4.78 is 2.31. The van der Waals surface area contributed by atoms with Gasteiger partial charge in [0.05, 0.1) is 17.2 Å². The van der Waals surface area contributed by atoms with Gasteiger partial charge < -0.3 is 15.2 Å². The number of aromatic nitrogens is 2. The van der Waals surface area contributed by atoms with Crippen molar-refractivity contribution in [3.8, 4) is 0 Å². The Hall–Kier alpha value is -1.61. The Balaban J connectivity index is 0.00000261. The van der Waals surface area contributed by atoms with Gasteiger partial charge in [-0.05, 0) is 44.7 Å². The Morgan fingerprint density at radius 3 is 2.74 bits per heavy atom. The normalized spacial score (nSPS) is 11.4. The van der Waals surface area contributed by atoms with E-state index in [1.165, 1.54) is 15.8 Å². The van der Waals surface area contributed by atoms with Crippen LogP contribution >= 0.6 is 35.3 Å². The third-order valence-corrected chi connectivity index (χ3v) is 5.33. The zero-order chi connectivity index (χ0) is 18.4. The summed E-state index contributed by atoms with van der Waals surface area (Å²) in [6, 6.07) is 10.7. The van der Waals surface area contributed by atoms with Crippen LogP contribution in [0.1, 0.15) is 28.9 Å². The van der Waals surface area contributed by atoms with Gasteiger partial charge in [0.1, 0.15) is 0 Å². The first-order valence-electron chi connectivity index (χ1n) is 9.16. The molecule has 2 heterocycles. The topological polar surface area (TPSA) is 54.2 Å². The van der Waals surface area contributed by atoms with E-state index in [1.807, 2.05) is 6.92 Å². The highest BCUT2D eigenvalue weighted by atomic mass is 127. The molecule has 0 bridgehead atoms. The van der Waals surface area contributed by atoms with Gasteiger partial charge in [0, 0.05) is 36.2 Å². The van der Waals surface area contributed by atoms with Gasteiger partial charge in [0.15, 0.2) is 5.96 Å². The van der Waals surface area contributed by atoms with Crippen LogP contribution in [0.4, 0.5) is 0 Å². The monoisotopic (exact) mass is 497 g/mol. The van der Waals surface area contributed by atoms with E-state index in [0.29, 0.717) is 6.54 Å². The molecule has 146 valence electrons. The number of fused-ring (bicyclic) bond motifs is 1. The van der Waals surface area contributed by atoms with Gasteiger partial charge in [0.2, 0.25) is 0 Å². The number of rotatable bonds is 7. The van der Waals surface area contributed by atoms with Gasteiger partial charge in [-0.1, -0.05) is 18.2 Å². The average molecular weight is 497 g/mol. The maximum Gasteiger partial charge on any atom is 0.191 e. The summed E-state index contributed by atoms with van der Waals surface area (Å²) in [5, 5.41) is 9.15. The largest absolute Gasteiger partial charge is 0.357 e. The molecular formula is C20H28IN5S. The number of halogens is 1. The van der Waals surface area contributed by atoms with Crippen molar-refractivity contribution in [1.29, 1.82) is 0 Å². The van der Waals surface area contributed by atoms with Crippen LogP contribution in [0.3, 0.4) is 0 Å². The second-order valence-corrected chi connectivity index (χ2v) is 7.57. The maximum absolute atomic E-state index is 4.70. The summed E-state index contributed by atoms with van der Waals surface area (Å²) in [5.74, 6) is 0.871. The molecule has 3 rings (SSSR count). The zero-order valence-electron chi connectivity index (χ0n) is 16.2. The molecule has 3 aromatic rings. The van der Waals surface area contributed by atoms with E-state index < -0.39 is 0 Å². The molecule has 0 spiro atoms. The van der Waals surface area contributed by atoms with Crippen LogP contribution in [0, 0.1) is 13.8 Å². The van der Waals surface area contributed by atoms with Gasteiger partial charge in [-0.15, -0.1) is 35.3 Å². The van der Waals surface area contributed by atoms with Crippen molar-refractivity contribution in [1.82, 2.24) is 20.2 Å². The molecule has 0 aliphatic carbocycles. The molecule has 0 aliphatic heterocycles. The summed E-state index contributed by atoms with van der Waals surface area (Å²) in [6.45, 7) is 9.59. The first-order chi connectivity index (χ1) is 12.7. The number of nitrogens with one attached hydrogen (secondary N) is 2. The summed E-state index contributed by atoms with van der Waals surface area (Å²) >= 11 is 1.73. The molecule has 2 aromatic heterocycles. The van der Waals surface area contributed by atoms with E-state index in [2.05, 4.69) is 70.6 Å². The summed E-state index contributed by atoms with van der Waals surface area (Å²) in [7, 11) is 0. The third-order valence-electron chi connectivity index (χ3n) is 4.27. The predicted molar refractivity (Wildman–Crippen MR) is 126 cm³/mol. The third kappa shape index (κ3) is 5.93. The van der Waals surface area contributed by atoms with Gasteiger partial charge in [-0.3, -0.25) is 0 Å². The molecule has 0 saturated heterocycles. The zero-order valence-corrected chi connectivity index (χ0v) is 19.3. The van der Waals surface area contributed by atoms with Crippen LogP contribution < -0.4 is 10.6 Å². The molecule has 5 nitrogen and oxygen atoms in total. The van der Waals surface area contributed by atoms with Crippen LogP contribution in [0.15, 0.2) is 41.5 Å². The van der Waals surface area contributed by atoms with E-state index in [-0.39, 0.29) is 24.0 Å². The van der Waals surface area contributed by atoms with E-state index in [9.17, 15) is 0 Å². The fraction of sp³-hybridized carbons (Fsp3) is 0.400. The maximum atomic E-state index is 4.70. The SMILES string of the molecule is CCNC(=NCc1sc(C)nc1C)NCCCn1ccc2ccccc21.I. The summed E-state index contributed by atoms with van der Waals surface area (Å²) in [4.78, 5) is 10.4. The molecule has 0 saturated carbocycles. The first kappa shape index (κ1) is 21.7. The van der Waals surface area contributed by atoms with Crippen molar-refractivity contribution in [2.24, 2.45) is 4.99 Å². The molecule has 0 radical (unpaired) electrons. The number of hydrogen-bond acceptors (Lipinski definition) is 3. The number of para-hydroxylation sites is 1. The lowest BCUT2D eigenvalue weighted by atomic mass is 10.2. The van der Waals surface area contributed by atoms with Crippen LogP contribution in [0.25, 0.3) is 10.9 Å². The highest BCUT2D eigenvalue weighted by Crippen LogP contribution is 2.18. The van der Waals surface area contributed by atoms with Crippen molar-refractivity contribution >= 4 is 52.2 Å². The van der Waals surface area contributed by atoms with Crippen molar-refractivity contribution in [3.63, 3.8) is 0 Å².